The number of carbonyl (C=O) groups excluding carboxylic acids is 2. The van der Waals surface area contributed by atoms with Crippen molar-refractivity contribution in [3.63, 3.8) is 0 Å². The second-order valence-corrected chi connectivity index (χ2v) is 11.5. The molecule has 3 heteroatoms. The fraction of sp³-hybridized carbons (Fsp3) is 0.692. The van der Waals surface area contributed by atoms with Crippen LogP contribution in [0.3, 0.4) is 0 Å². The first-order chi connectivity index (χ1) is 13.7. The lowest BCUT2D eigenvalue weighted by atomic mass is 9.41. The number of amides is 1. The number of Topliss-reactive ketones (excluding diaryl/α,β-unsaturated/α-hetero) is 1. The van der Waals surface area contributed by atoms with Gasteiger partial charge in [0, 0.05) is 22.9 Å². The third-order valence-corrected chi connectivity index (χ3v) is 9.79. The molecule has 6 atom stereocenters. The highest BCUT2D eigenvalue weighted by Gasteiger charge is 2.67. The van der Waals surface area contributed by atoms with Gasteiger partial charge in [-0.2, -0.15) is 0 Å². The van der Waals surface area contributed by atoms with Crippen LogP contribution in [0, 0.1) is 28.1 Å². The maximum atomic E-state index is 13.0. The van der Waals surface area contributed by atoms with Gasteiger partial charge < -0.3 is 5.32 Å². The molecule has 3 nitrogen and oxygen atoms in total. The maximum Gasteiger partial charge on any atom is 0.251 e. The van der Waals surface area contributed by atoms with Crippen LogP contribution in [0.2, 0.25) is 0 Å². The first-order valence-corrected chi connectivity index (χ1v) is 11.6. The summed E-state index contributed by atoms with van der Waals surface area (Å²) in [6.07, 6.45) is 9.94. The van der Waals surface area contributed by atoms with E-state index in [1.54, 1.807) is 0 Å². The highest BCUT2D eigenvalue weighted by atomic mass is 16.2. The molecule has 1 amide bonds. The van der Waals surface area contributed by atoms with Crippen LogP contribution in [0.1, 0.15) is 88.9 Å². The molecular weight excluding hydrogens is 358 g/mol. The lowest BCUT2D eigenvalue weighted by Crippen LogP contribution is -2.64. The summed E-state index contributed by atoms with van der Waals surface area (Å²) < 4.78 is 0. The Morgan fingerprint density at radius 1 is 0.966 bits per heavy atom. The van der Waals surface area contributed by atoms with Gasteiger partial charge in [0.05, 0.1) is 0 Å². The molecule has 29 heavy (non-hydrogen) atoms. The summed E-state index contributed by atoms with van der Waals surface area (Å²) in [6.45, 7) is 7.02. The summed E-state index contributed by atoms with van der Waals surface area (Å²) in [5, 5.41) is 3.48. The van der Waals surface area contributed by atoms with Crippen molar-refractivity contribution in [2.45, 2.75) is 84.1 Å². The van der Waals surface area contributed by atoms with Crippen LogP contribution in [0.15, 0.2) is 30.3 Å². The van der Waals surface area contributed by atoms with E-state index in [9.17, 15) is 9.59 Å². The molecule has 4 fully saturated rings. The van der Waals surface area contributed by atoms with Crippen LogP contribution in [-0.4, -0.2) is 17.2 Å². The van der Waals surface area contributed by atoms with Crippen LogP contribution in [-0.2, 0) is 4.79 Å². The van der Waals surface area contributed by atoms with Gasteiger partial charge in [-0.25, -0.2) is 0 Å². The van der Waals surface area contributed by atoms with Gasteiger partial charge in [-0.05, 0) is 86.7 Å². The van der Waals surface area contributed by atoms with Gasteiger partial charge in [-0.15, -0.1) is 0 Å². The summed E-state index contributed by atoms with van der Waals surface area (Å²) in [4.78, 5) is 25.9. The van der Waals surface area contributed by atoms with Crippen LogP contribution in [0.5, 0.6) is 0 Å². The van der Waals surface area contributed by atoms with E-state index in [2.05, 4.69) is 26.1 Å². The number of carbonyl (C=O) groups is 2. The Kier molecular flexibility index (Phi) is 4.12. The molecule has 1 spiro atoms. The molecule has 0 aliphatic heterocycles. The molecule has 156 valence electrons. The van der Waals surface area contributed by atoms with Crippen molar-refractivity contribution < 1.29 is 9.59 Å². The first-order valence-electron chi connectivity index (χ1n) is 11.6. The lowest BCUT2D eigenvalue weighted by molar-refractivity contribution is -0.137. The average Bonchev–Trinajstić information content (AvgIpc) is 2.85. The van der Waals surface area contributed by atoms with Crippen LogP contribution >= 0.6 is 0 Å². The molecule has 4 saturated carbocycles. The maximum absolute atomic E-state index is 13.0. The summed E-state index contributed by atoms with van der Waals surface area (Å²) in [5.74, 6) is 1.71. The van der Waals surface area contributed by atoms with Crippen molar-refractivity contribution >= 4 is 11.7 Å². The Morgan fingerprint density at radius 2 is 1.69 bits per heavy atom. The fourth-order valence-corrected chi connectivity index (χ4v) is 8.58. The Morgan fingerprint density at radius 3 is 2.45 bits per heavy atom. The molecule has 2 bridgehead atoms. The van der Waals surface area contributed by atoms with E-state index >= 15 is 0 Å². The number of benzene rings is 1. The summed E-state index contributed by atoms with van der Waals surface area (Å²) in [6, 6.07) is 9.63. The SMILES string of the molecule is C[C@@]12CC[C@@H]3[C@@](CC[C@H]4[C@@]3(C)CCC[C@@]4(C)NC(=O)c3ccccc3)(CC1=O)C2. The molecular formula is C26H35NO2. The molecule has 1 aromatic carbocycles. The predicted octanol–water partition coefficient (Wildman–Crippen LogP) is 5.54. The number of rotatable bonds is 2. The highest BCUT2D eigenvalue weighted by Crippen LogP contribution is 2.71. The average molecular weight is 394 g/mol. The zero-order chi connectivity index (χ0) is 20.5. The normalized spacial score (nSPS) is 46.0. The second kappa shape index (κ2) is 6.18. The Bertz CT molecular complexity index is 850. The van der Waals surface area contributed by atoms with Crippen LogP contribution in [0.25, 0.3) is 0 Å². The zero-order valence-corrected chi connectivity index (χ0v) is 18.2. The van der Waals surface area contributed by atoms with Crippen molar-refractivity contribution in [2.24, 2.45) is 28.1 Å². The third kappa shape index (κ3) is 2.68. The van der Waals surface area contributed by atoms with E-state index in [-0.39, 0.29) is 27.7 Å². The summed E-state index contributed by atoms with van der Waals surface area (Å²) >= 11 is 0. The molecule has 0 heterocycles. The largest absolute Gasteiger partial charge is 0.347 e. The molecule has 5 rings (SSSR count). The minimum Gasteiger partial charge on any atom is -0.347 e. The van der Waals surface area contributed by atoms with Gasteiger partial charge in [0.15, 0.2) is 0 Å². The van der Waals surface area contributed by atoms with E-state index in [4.69, 9.17) is 0 Å². The van der Waals surface area contributed by atoms with E-state index in [1.165, 1.54) is 12.8 Å². The fourth-order valence-electron chi connectivity index (χ4n) is 8.58. The second-order valence-electron chi connectivity index (χ2n) is 11.5. The van der Waals surface area contributed by atoms with E-state index in [0.29, 0.717) is 17.6 Å². The van der Waals surface area contributed by atoms with E-state index in [1.807, 2.05) is 30.3 Å². The van der Waals surface area contributed by atoms with Gasteiger partial charge in [0.1, 0.15) is 5.78 Å². The monoisotopic (exact) mass is 393 g/mol. The van der Waals surface area contributed by atoms with Crippen molar-refractivity contribution in [1.82, 2.24) is 5.32 Å². The van der Waals surface area contributed by atoms with Gasteiger partial charge in [-0.3, -0.25) is 9.59 Å². The Labute approximate surface area is 175 Å². The smallest absolute Gasteiger partial charge is 0.251 e. The minimum atomic E-state index is -0.162. The molecule has 1 aromatic rings. The lowest BCUT2D eigenvalue weighted by Gasteiger charge is -2.64. The zero-order valence-electron chi connectivity index (χ0n) is 18.2. The molecule has 4 aliphatic carbocycles. The summed E-state index contributed by atoms with van der Waals surface area (Å²) in [7, 11) is 0. The van der Waals surface area contributed by atoms with Crippen LogP contribution < -0.4 is 5.32 Å². The Hall–Kier alpha value is -1.64. The minimum absolute atomic E-state index is 0.0564. The van der Waals surface area contributed by atoms with Gasteiger partial charge >= 0.3 is 0 Å². The molecule has 0 radical (unpaired) electrons. The Balaban J connectivity index is 1.45. The van der Waals surface area contributed by atoms with Crippen molar-refractivity contribution in [2.75, 3.05) is 0 Å². The topological polar surface area (TPSA) is 46.2 Å². The third-order valence-electron chi connectivity index (χ3n) is 9.79. The molecule has 0 saturated heterocycles. The standard InChI is InChI=1S/C26H35NO2/c1-23-14-10-20-24(2)12-7-13-25(3,27-22(29)18-8-5-4-6-9-18)19(24)11-15-26(20,17-23)16-21(23)28/h4-6,8-9,19-20H,7,10-17H2,1-3H3,(H,27,29)/t19-,20-,23-,24+,25+,26-/m0/s1. The number of hydrogen-bond acceptors (Lipinski definition) is 2. The number of nitrogens with one attached hydrogen (secondary N) is 1. The van der Waals surface area contributed by atoms with Gasteiger partial charge in [-0.1, -0.05) is 38.5 Å². The van der Waals surface area contributed by atoms with Crippen LogP contribution in [0.4, 0.5) is 0 Å². The molecule has 4 aliphatic rings. The molecule has 0 unspecified atom stereocenters. The predicted molar refractivity (Wildman–Crippen MR) is 115 cm³/mol. The van der Waals surface area contributed by atoms with E-state index in [0.717, 1.165) is 50.5 Å². The number of hydrogen-bond donors (Lipinski definition) is 1. The number of fused-ring (bicyclic) bond motifs is 3. The molecule has 0 aromatic heterocycles. The van der Waals surface area contributed by atoms with Crippen molar-refractivity contribution in [1.29, 1.82) is 0 Å². The first kappa shape index (κ1) is 19.3. The quantitative estimate of drug-likeness (QED) is 0.717. The van der Waals surface area contributed by atoms with Gasteiger partial charge in [0.25, 0.3) is 5.91 Å². The summed E-state index contributed by atoms with van der Waals surface area (Å²) in [5.41, 5.74) is 0.991. The van der Waals surface area contributed by atoms with Crippen molar-refractivity contribution in [3.05, 3.63) is 35.9 Å². The highest BCUT2D eigenvalue weighted by molar-refractivity contribution is 5.94. The van der Waals surface area contributed by atoms with E-state index < -0.39 is 0 Å². The molecule has 1 N–H and O–H groups in total. The number of ketones is 1. The van der Waals surface area contributed by atoms with Crippen molar-refractivity contribution in [3.8, 4) is 0 Å². The van der Waals surface area contributed by atoms with Gasteiger partial charge in [0.2, 0.25) is 0 Å².